The van der Waals surface area contributed by atoms with E-state index in [-0.39, 0.29) is 40.1 Å². The number of carbonyl (C=O) groups is 3. The molecule has 3 aliphatic rings. The number of ether oxygens (including phenoxy) is 1. The van der Waals surface area contributed by atoms with Crippen LogP contribution in [0.4, 0.5) is 9.18 Å². The second-order valence-corrected chi connectivity index (χ2v) is 15.4. The fourth-order valence-electron chi connectivity index (χ4n) is 5.55. The summed E-state index contributed by atoms with van der Waals surface area (Å²) in [5.74, 6) is -2.42. The van der Waals surface area contributed by atoms with Crippen LogP contribution in [0.5, 0.6) is 0 Å². The van der Waals surface area contributed by atoms with Gasteiger partial charge in [0.05, 0.1) is 32.0 Å². The number of rotatable bonds is 6. The monoisotopic (exact) mass is 665 g/mol. The van der Waals surface area contributed by atoms with Crippen LogP contribution in [0.2, 0.25) is 10.0 Å². The van der Waals surface area contributed by atoms with Crippen molar-refractivity contribution in [1.29, 1.82) is 5.26 Å². The number of hydrogen-bond donors (Lipinski definition) is 1. The first-order valence-electron chi connectivity index (χ1n) is 13.8. The number of likely N-dealkylation sites (tertiary alicyclic amines) is 2. The minimum absolute atomic E-state index is 0.0180. The second-order valence-electron chi connectivity index (χ2n) is 12.4. The highest BCUT2D eigenvalue weighted by Crippen LogP contribution is 2.42. The minimum Gasteiger partial charge on any atom is -0.444 e. The molecule has 234 valence electrons. The minimum atomic E-state index is -4.16. The predicted molar refractivity (Wildman–Crippen MR) is 157 cm³/mol. The van der Waals surface area contributed by atoms with Crippen LogP contribution in [0, 0.1) is 17.1 Å². The number of benzene rings is 1. The largest absolute Gasteiger partial charge is 0.444 e. The summed E-state index contributed by atoms with van der Waals surface area (Å²) < 4.78 is 48.3. The molecule has 1 aromatic carbocycles. The molecular formula is C29H30Cl2FN5O6S. The number of sulfone groups is 1. The molecule has 15 heteroatoms. The summed E-state index contributed by atoms with van der Waals surface area (Å²) >= 11 is 12.2. The van der Waals surface area contributed by atoms with Crippen molar-refractivity contribution in [1.82, 2.24) is 20.1 Å². The lowest BCUT2D eigenvalue weighted by molar-refractivity contribution is -0.149. The van der Waals surface area contributed by atoms with Gasteiger partial charge >= 0.3 is 6.09 Å². The van der Waals surface area contributed by atoms with Crippen molar-refractivity contribution in [2.45, 2.75) is 72.8 Å². The van der Waals surface area contributed by atoms with Crippen LogP contribution >= 0.6 is 23.2 Å². The number of amides is 3. The van der Waals surface area contributed by atoms with E-state index in [1.165, 1.54) is 23.1 Å². The van der Waals surface area contributed by atoms with Gasteiger partial charge in [-0.15, -0.1) is 0 Å². The van der Waals surface area contributed by atoms with E-state index in [0.717, 1.165) is 17.2 Å². The van der Waals surface area contributed by atoms with Crippen LogP contribution in [0.25, 0.3) is 0 Å². The van der Waals surface area contributed by atoms with Crippen molar-refractivity contribution in [3.63, 3.8) is 0 Å². The van der Waals surface area contributed by atoms with Gasteiger partial charge in [-0.3, -0.25) is 14.6 Å². The van der Waals surface area contributed by atoms with Gasteiger partial charge in [-0.1, -0.05) is 35.3 Å². The Balaban J connectivity index is 1.53. The molecule has 11 nitrogen and oxygen atoms in total. The maximum absolute atomic E-state index is 15.4. The van der Waals surface area contributed by atoms with Crippen LogP contribution in [-0.2, 0) is 29.6 Å². The fraction of sp³-hybridized carbons (Fsp3) is 0.483. The molecule has 5 rings (SSSR count). The average Bonchev–Trinajstić information content (AvgIpc) is 3.52. The Morgan fingerprint density at radius 3 is 2.41 bits per heavy atom. The zero-order valence-electron chi connectivity index (χ0n) is 24.1. The van der Waals surface area contributed by atoms with Gasteiger partial charge in [0, 0.05) is 25.8 Å². The standard InChI is InChI=1S/C29H30Cl2FN5O6S/c1-27(2,3)43-26(40)36-15-29(16-36,23-20(32)10-17(30)12-34-23)25(39)37-13-18(44(41,42)22-7-5-4-6-19(22)31)11-21(37)24(38)35-28(14-33)8-9-28/h4-7,10,12,18,21H,8-9,11,13,15-16H2,1-3H3,(H,35,38)/t18-,21+/m1/s1. The number of aromatic nitrogens is 1. The lowest BCUT2D eigenvalue weighted by Crippen LogP contribution is -2.69. The van der Waals surface area contributed by atoms with E-state index in [9.17, 15) is 28.1 Å². The third kappa shape index (κ3) is 5.82. The third-order valence-electron chi connectivity index (χ3n) is 7.98. The third-order valence-corrected chi connectivity index (χ3v) is 10.8. The lowest BCUT2D eigenvalue weighted by atomic mass is 9.74. The molecule has 2 aliphatic heterocycles. The van der Waals surface area contributed by atoms with Crippen LogP contribution in [0.1, 0.15) is 45.7 Å². The molecule has 3 heterocycles. The van der Waals surface area contributed by atoms with Gasteiger partial charge < -0.3 is 19.9 Å². The molecule has 0 bridgehead atoms. The van der Waals surface area contributed by atoms with Gasteiger partial charge in [0.1, 0.15) is 28.4 Å². The Morgan fingerprint density at radius 2 is 1.84 bits per heavy atom. The Kier molecular flexibility index (Phi) is 8.10. The lowest BCUT2D eigenvalue weighted by Gasteiger charge is -2.49. The first-order valence-corrected chi connectivity index (χ1v) is 16.1. The molecule has 44 heavy (non-hydrogen) atoms. The molecular weight excluding hydrogens is 636 g/mol. The topological polar surface area (TPSA) is 150 Å². The number of nitrogens with zero attached hydrogens (tertiary/aromatic N) is 4. The van der Waals surface area contributed by atoms with Crippen LogP contribution in [-0.4, -0.2) is 83.2 Å². The molecule has 2 saturated heterocycles. The van der Waals surface area contributed by atoms with Gasteiger partial charge in [-0.25, -0.2) is 17.6 Å². The fourth-order valence-corrected chi connectivity index (χ4v) is 7.91. The second kappa shape index (κ2) is 11.2. The Hall–Kier alpha value is -3.47. The summed E-state index contributed by atoms with van der Waals surface area (Å²) in [6, 6.07) is 7.56. The Bertz CT molecular complexity index is 1680. The number of carbonyl (C=O) groups excluding carboxylic acids is 3. The number of nitrogens with one attached hydrogen (secondary N) is 1. The van der Waals surface area contributed by atoms with Crippen LogP contribution in [0.15, 0.2) is 41.4 Å². The summed E-state index contributed by atoms with van der Waals surface area (Å²) in [5.41, 5.74) is -4.03. The predicted octanol–water partition coefficient (Wildman–Crippen LogP) is 3.63. The summed E-state index contributed by atoms with van der Waals surface area (Å²) in [5, 5.41) is 10.9. The Morgan fingerprint density at radius 1 is 1.18 bits per heavy atom. The molecule has 0 unspecified atom stereocenters. The van der Waals surface area contributed by atoms with Crippen molar-refractivity contribution in [2.75, 3.05) is 19.6 Å². The normalized spacial score (nSPS) is 22.0. The average molecular weight is 667 g/mol. The molecule has 1 aromatic heterocycles. The van der Waals surface area contributed by atoms with E-state index in [1.54, 1.807) is 26.8 Å². The molecule has 1 aliphatic carbocycles. The van der Waals surface area contributed by atoms with Crippen molar-refractivity contribution < 1.29 is 31.9 Å². The van der Waals surface area contributed by atoms with Crippen molar-refractivity contribution >= 4 is 50.9 Å². The first-order chi connectivity index (χ1) is 20.5. The van der Waals surface area contributed by atoms with Crippen molar-refractivity contribution in [3.05, 3.63) is 58.1 Å². The summed E-state index contributed by atoms with van der Waals surface area (Å²) in [7, 11) is -4.16. The van der Waals surface area contributed by atoms with Crippen molar-refractivity contribution in [2.24, 2.45) is 0 Å². The quantitative estimate of drug-likeness (QED) is 0.492. The number of pyridine rings is 1. The van der Waals surface area contributed by atoms with E-state index < -0.39 is 68.0 Å². The smallest absolute Gasteiger partial charge is 0.410 e. The van der Waals surface area contributed by atoms with E-state index >= 15 is 4.39 Å². The van der Waals surface area contributed by atoms with Gasteiger partial charge in [0.25, 0.3) is 0 Å². The number of nitriles is 1. The maximum atomic E-state index is 15.4. The van der Waals surface area contributed by atoms with E-state index in [2.05, 4.69) is 16.4 Å². The molecule has 2 atom stereocenters. The highest BCUT2D eigenvalue weighted by atomic mass is 35.5. The summed E-state index contributed by atoms with van der Waals surface area (Å²) in [4.78, 5) is 47.2. The van der Waals surface area contributed by atoms with Gasteiger partial charge in [0.15, 0.2) is 9.84 Å². The van der Waals surface area contributed by atoms with Crippen LogP contribution < -0.4 is 5.32 Å². The van der Waals surface area contributed by atoms with E-state index in [0.29, 0.717) is 12.8 Å². The molecule has 3 fully saturated rings. The van der Waals surface area contributed by atoms with E-state index in [4.69, 9.17) is 27.9 Å². The molecule has 1 saturated carbocycles. The van der Waals surface area contributed by atoms with Gasteiger partial charge in [-0.05, 0) is 58.2 Å². The number of hydrogen-bond acceptors (Lipinski definition) is 8. The number of halogens is 3. The molecule has 0 radical (unpaired) electrons. The SMILES string of the molecule is CC(C)(C)OC(=O)N1CC(C(=O)N2C[C@H](S(=O)(=O)c3ccccc3Cl)C[C@H]2C(=O)NC2(C#N)CC2)(c2ncc(Cl)cc2F)C1. The highest BCUT2D eigenvalue weighted by molar-refractivity contribution is 7.92. The van der Waals surface area contributed by atoms with Crippen molar-refractivity contribution in [3.8, 4) is 6.07 Å². The zero-order chi connectivity index (χ0) is 32.2. The van der Waals surface area contributed by atoms with E-state index in [1.807, 2.05) is 0 Å². The molecule has 2 aromatic rings. The van der Waals surface area contributed by atoms with Crippen LogP contribution in [0.3, 0.4) is 0 Å². The molecule has 1 N–H and O–H groups in total. The maximum Gasteiger partial charge on any atom is 0.410 e. The molecule has 3 amide bonds. The van der Waals surface area contributed by atoms with Gasteiger partial charge in [0.2, 0.25) is 11.8 Å². The summed E-state index contributed by atoms with van der Waals surface area (Å²) in [6.07, 6.45) is 0.940. The highest BCUT2D eigenvalue weighted by Gasteiger charge is 2.60. The Labute approximate surface area is 264 Å². The summed E-state index contributed by atoms with van der Waals surface area (Å²) in [6.45, 7) is 3.90. The first kappa shape index (κ1) is 31.9. The van der Waals surface area contributed by atoms with Gasteiger partial charge in [-0.2, -0.15) is 5.26 Å². The zero-order valence-corrected chi connectivity index (χ0v) is 26.5. The molecule has 0 spiro atoms.